The molecule has 0 radical (unpaired) electrons. The van der Waals surface area contributed by atoms with E-state index in [2.05, 4.69) is 70.6 Å². The molecule has 5 N–H and O–H groups in total. The molecule has 0 bridgehead atoms. The van der Waals surface area contributed by atoms with Gasteiger partial charge >= 0.3 is 0 Å². The summed E-state index contributed by atoms with van der Waals surface area (Å²) in [5.74, 6) is 0.853. The van der Waals surface area contributed by atoms with Crippen LogP contribution in [0.25, 0.3) is 33.4 Å². The third-order valence-corrected chi connectivity index (χ3v) is 6.80. The summed E-state index contributed by atoms with van der Waals surface area (Å²) in [7, 11) is 0. The Balaban J connectivity index is 0.00000289. The number of hydrogen-bond acceptors (Lipinski definition) is 3. The second kappa shape index (κ2) is 10.5. The number of H-pyrrole nitrogens is 1. The molecule has 0 spiro atoms. The van der Waals surface area contributed by atoms with Gasteiger partial charge in [0.25, 0.3) is 11.5 Å². The average Bonchev–Trinajstić information content (AvgIpc) is 2.85. The van der Waals surface area contributed by atoms with Crippen LogP contribution in [-0.2, 0) is 16.8 Å². The second-order valence-electron chi connectivity index (χ2n) is 9.31. The lowest BCUT2D eigenvalue weighted by Gasteiger charge is -2.34. The quantitative estimate of drug-likeness (QED) is 0.370. The van der Waals surface area contributed by atoms with Gasteiger partial charge in [0.2, 0.25) is 5.91 Å². The number of fused-ring (bicyclic) bond motifs is 1. The van der Waals surface area contributed by atoms with Crippen LogP contribution in [0.15, 0.2) is 66.9 Å². The van der Waals surface area contributed by atoms with Crippen molar-refractivity contribution in [2.45, 2.75) is 44.6 Å². The average molecular weight is 489 g/mol. The van der Waals surface area contributed by atoms with Gasteiger partial charge in [-0.3, -0.25) is 4.79 Å². The lowest BCUT2D eigenvalue weighted by Crippen LogP contribution is -3.00. The highest BCUT2D eigenvalue weighted by Crippen LogP contribution is 2.38. The Morgan fingerprint density at radius 1 is 1.06 bits per heavy atom. The number of carbonyl (C=O) groups is 1. The smallest absolute Gasteiger partial charge is 0.299 e. The molecular formula is C28H31ClN5O+. The summed E-state index contributed by atoms with van der Waals surface area (Å²) in [5, 5.41) is 3.80. The van der Waals surface area contributed by atoms with Crippen molar-refractivity contribution in [3.05, 3.63) is 78.2 Å². The van der Waals surface area contributed by atoms with Crippen LogP contribution in [0.2, 0.25) is 0 Å². The van der Waals surface area contributed by atoms with Gasteiger partial charge in [0.1, 0.15) is 11.7 Å². The Morgan fingerprint density at radius 3 is 2.46 bits per heavy atom. The number of amides is 1. The maximum atomic E-state index is 11.1. The second-order valence-corrected chi connectivity index (χ2v) is 9.31. The minimum atomic E-state index is -0.0108. The molecule has 1 amide bonds. The molecule has 2 heterocycles. The fraction of sp³-hybridized carbons (Fsp3) is 0.286. The van der Waals surface area contributed by atoms with Gasteiger partial charge in [-0.1, -0.05) is 54.6 Å². The number of aromatic nitrogens is 3. The van der Waals surface area contributed by atoms with E-state index in [-0.39, 0.29) is 23.9 Å². The number of nitrogens with one attached hydrogen (secondary N) is 2. The first-order valence-corrected chi connectivity index (χ1v) is 12.0. The molecule has 4 aromatic rings. The lowest BCUT2D eigenvalue weighted by atomic mass is 9.72. The predicted molar refractivity (Wildman–Crippen MR) is 132 cm³/mol. The first-order valence-electron chi connectivity index (χ1n) is 12.0. The molecule has 0 aliphatic heterocycles. The zero-order valence-corrected chi connectivity index (χ0v) is 20.7. The number of benzene rings is 2. The fourth-order valence-corrected chi connectivity index (χ4v) is 4.62. The largest absolute Gasteiger partial charge is 1.00 e. The molecule has 1 saturated carbocycles. The van der Waals surface area contributed by atoms with Crippen LogP contribution in [0, 0.1) is 0 Å². The first kappa shape index (κ1) is 24.8. The van der Waals surface area contributed by atoms with Crippen LogP contribution in [0.3, 0.4) is 0 Å². The minimum Gasteiger partial charge on any atom is -1.00 e. The molecule has 5 rings (SSSR count). The molecule has 180 valence electrons. The van der Waals surface area contributed by atoms with Crippen LogP contribution in [0.1, 0.15) is 44.0 Å². The first-order chi connectivity index (χ1) is 16.5. The van der Waals surface area contributed by atoms with Gasteiger partial charge in [0.05, 0.1) is 17.5 Å². The van der Waals surface area contributed by atoms with Crippen LogP contribution in [-0.4, -0.2) is 22.4 Å². The number of rotatable bonds is 7. The molecule has 2 aromatic heterocycles. The Bertz CT molecular complexity index is 1320. The molecule has 0 unspecified atom stereocenters. The number of aromatic amines is 1. The number of pyridine rings is 1. The van der Waals surface area contributed by atoms with Gasteiger partial charge in [0.15, 0.2) is 0 Å². The third-order valence-electron chi connectivity index (χ3n) is 6.80. The highest BCUT2D eigenvalue weighted by Gasteiger charge is 2.38. The zero-order valence-electron chi connectivity index (χ0n) is 20.0. The summed E-state index contributed by atoms with van der Waals surface area (Å²) in [6.45, 7) is 2.17. The molecule has 1 aliphatic rings. The van der Waals surface area contributed by atoms with Crippen molar-refractivity contribution in [1.29, 1.82) is 0 Å². The summed E-state index contributed by atoms with van der Waals surface area (Å²) in [5.41, 5.74) is 10.8. The number of halogens is 1. The van der Waals surface area contributed by atoms with E-state index in [1.54, 1.807) is 0 Å². The molecule has 1 aliphatic carbocycles. The molecule has 6 nitrogen and oxygen atoms in total. The van der Waals surface area contributed by atoms with Crippen LogP contribution < -0.4 is 28.4 Å². The third kappa shape index (κ3) is 5.34. The number of quaternary nitrogens is 1. The summed E-state index contributed by atoms with van der Waals surface area (Å²) >= 11 is 0. The monoisotopic (exact) mass is 488 g/mol. The predicted octanol–water partition coefficient (Wildman–Crippen LogP) is 0.472. The van der Waals surface area contributed by atoms with Crippen LogP contribution >= 0.6 is 0 Å². The van der Waals surface area contributed by atoms with E-state index >= 15 is 0 Å². The molecule has 35 heavy (non-hydrogen) atoms. The van der Waals surface area contributed by atoms with Crippen molar-refractivity contribution >= 4 is 16.9 Å². The molecule has 2 aromatic carbocycles. The summed E-state index contributed by atoms with van der Waals surface area (Å²) in [4.78, 5) is 24.3. The summed E-state index contributed by atoms with van der Waals surface area (Å²) < 4.78 is 0. The van der Waals surface area contributed by atoms with E-state index in [4.69, 9.17) is 9.97 Å². The Morgan fingerprint density at radius 2 is 1.80 bits per heavy atom. The maximum absolute atomic E-state index is 11.1. The number of hydrogen-bond donors (Lipinski definition) is 2. The van der Waals surface area contributed by atoms with Crippen LogP contribution in [0.4, 0.5) is 0 Å². The van der Waals surface area contributed by atoms with E-state index in [0.29, 0.717) is 6.54 Å². The van der Waals surface area contributed by atoms with E-state index < -0.39 is 0 Å². The zero-order chi connectivity index (χ0) is 23.5. The van der Waals surface area contributed by atoms with Crippen molar-refractivity contribution in [1.82, 2.24) is 15.3 Å². The van der Waals surface area contributed by atoms with Gasteiger partial charge in [0, 0.05) is 43.0 Å². The van der Waals surface area contributed by atoms with E-state index in [1.165, 1.54) is 18.9 Å². The van der Waals surface area contributed by atoms with Gasteiger partial charge in [-0.2, -0.15) is 0 Å². The lowest BCUT2D eigenvalue weighted by molar-refractivity contribution is -0.509. The Kier molecular flexibility index (Phi) is 7.43. The topological polar surface area (TPSA) is 96.7 Å². The normalized spacial score (nSPS) is 14.1. The number of nitrogens with zero attached hydrogens (tertiary/aromatic N) is 2. The highest BCUT2D eigenvalue weighted by molar-refractivity contribution is 5.89. The number of carbonyl (C=O) groups excluding carboxylic acids is 1. The van der Waals surface area contributed by atoms with Crippen molar-refractivity contribution in [3.8, 4) is 22.4 Å². The standard InChI is InChI=1S/C28H29N5O.ClH/c1-19(34)30-16-5-9-25-31-18-22-17-24(20-7-3-2-4-8-20)26(33-27(22)32-25)21-10-12-23(13-11-21)28(29)14-6-15-28;/h2-4,7-8,10-13,17-18H,5-6,9,14-16,29H2,1H3,(H,30,34);1H/p+1. The number of aryl methyl sites for hydroxylation is 1. The van der Waals surface area contributed by atoms with E-state index in [0.717, 1.165) is 64.9 Å². The highest BCUT2D eigenvalue weighted by atomic mass is 35.5. The SMILES string of the molecule is CC(=O)NCCCc1nc2nc(-c3ccc(C4([NH3+])CCC4)cc3)c(-c3ccccc3)cc2c[nH+]1.[Cl-]. The van der Waals surface area contributed by atoms with Gasteiger partial charge in [-0.05, 0) is 29.5 Å². The van der Waals surface area contributed by atoms with Gasteiger partial charge in [-0.15, -0.1) is 0 Å². The molecule has 0 saturated heterocycles. The van der Waals surface area contributed by atoms with E-state index in [1.807, 2.05) is 12.3 Å². The van der Waals surface area contributed by atoms with Crippen LogP contribution in [0.5, 0.6) is 0 Å². The molecule has 1 fully saturated rings. The maximum Gasteiger partial charge on any atom is 0.299 e. The van der Waals surface area contributed by atoms with Crippen molar-refractivity contribution < 1.29 is 27.9 Å². The molecule has 0 atom stereocenters. The Hall–Kier alpha value is -3.35. The van der Waals surface area contributed by atoms with Gasteiger partial charge in [-0.25, -0.2) is 9.97 Å². The summed E-state index contributed by atoms with van der Waals surface area (Å²) in [6.07, 6.45) is 7.10. The summed E-state index contributed by atoms with van der Waals surface area (Å²) in [6, 6.07) is 21.3. The van der Waals surface area contributed by atoms with E-state index in [9.17, 15) is 4.79 Å². The fourth-order valence-electron chi connectivity index (χ4n) is 4.62. The molecular weight excluding hydrogens is 458 g/mol. The van der Waals surface area contributed by atoms with Gasteiger partial charge < -0.3 is 23.5 Å². The molecule has 7 heteroatoms. The van der Waals surface area contributed by atoms with Crippen molar-refractivity contribution in [2.75, 3.05) is 6.54 Å². The van der Waals surface area contributed by atoms with Crippen molar-refractivity contribution in [3.63, 3.8) is 0 Å². The Labute approximate surface area is 211 Å². The minimum absolute atomic E-state index is 0. The van der Waals surface area contributed by atoms with Crippen molar-refractivity contribution in [2.24, 2.45) is 0 Å².